The molecule has 0 N–H and O–H groups in total. The Kier molecular flexibility index (Phi) is 3.64. The summed E-state index contributed by atoms with van der Waals surface area (Å²) in [6.07, 6.45) is 2.35. The molecule has 0 saturated heterocycles. The summed E-state index contributed by atoms with van der Waals surface area (Å²) in [7, 11) is 4.10. The van der Waals surface area contributed by atoms with Crippen LogP contribution in [0.4, 0.5) is 0 Å². The van der Waals surface area contributed by atoms with E-state index in [0.29, 0.717) is 6.54 Å². The van der Waals surface area contributed by atoms with Crippen molar-refractivity contribution in [1.82, 2.24) is 9.80 Å². The average molecular weight is 277 g/mol. The minimum absolute atomic E-state index is 0.156. The molecule has 2 aromatic rings. The number of benzene rings is 2. The van der Waals surface area contributed by atoms with Crippen LogP contribution in [-0.2, 0) is 6.54 Å². The quantitative estimate of drug-likeness (QED) is 0.807. The van der Waals surface area contributed by atoms with Crippen LogP contribution in [0.25, 0.3) is 11.1 Å². The molecular formula is C18H19N3. The fraction of sp³-hybridized carbons (Fsp3) is 0.278. The van der Waals surface area contributed by atoms with Crippen LogP contribution in [-0.4, -0.2) is 30.4 Å². The van der Waals surface area contributed by atoms with Crippen LogP contribution in [0.1, 0.15) is 17.2 Å². The molecule has 3 rings (SSSR count). The first kappa shape index (κ1) is 13.7. The molecule has 2 aromatic carbocycles. The lowest BCUT2D eigenvalue weighted by Gasteiger charge is -2.22. The lowest BCUT2D eigenvalue weighted by atomic mass is 9.95. The van der Waals surface area contributed by atoms with Gasteiger partial charge in [-0.25, -0.2) is 0 Å². The number of hydrogen-bond acceptors (Lipinski definition) is 3. The highest BCUT2D eigenvalue weighted by Gasteiger charge is 2.31. The van der Waals surface area contributed by atoms with Gasteiger partial charge in [-0.15, -0.1) is 0 Å². The average Bonchev–Trinajstić information content (AvgIpc) is 2.85. The molecule has 3 nitrogen and oxygen atoms in total. The molecule has 0 aromatic heterocycles. The van der Waals surface area contributed by atoms with Crippen molar-refractivity contribution in [1.29, 1.82) is 5.26 Å². The summed E-state index contributed by atoms with van der Waals surface area (Å²) in [5.74, 6) is 0. The number of likely N-dealkylation sites (N-methyl/N-ethyl adjacent to an activating group) is 1. The first-order chi connectivity index (χ1) is 10.2. The fourth-order valence-corrected chi connectivity index (χ4v) is 3.08. The monoisotopic (exact) mass is 277 g/mol. The number of fused-ring (bicyclic) bond motifs is 1. The predicted molar refractivity (Wildman–Crippen MR) is 84.3 cm³/mol. The molecule has 0 aliphatic carbocycles. The number of nitriles is 1. The van der Waals surface area contributed by atoms with Gasteiger partial charge in [0.1, 0.15) is 0 Å². The third-order valence-electron chi connectivity index (χ3n) is 4.03. The summed E-state index contributed by atoms with van der Waals surface area (Å²) in [5, 5.41) is 9.44. The SMILES string of the molecule is CN(C)CC1c2cccc(-c3ccccc3)c2CN1C#N. The zero-order valence-electron chi connectivity index (χ0n) is 12.5. The molecule has 106 valence electrons. The predicted octanol–water partition coefficient (Wildman–Crippen LogP) is 3.25. The van der Waals surface area contributed by atoms with Gasteiger partial charge in [-0.3, -0.25) is 4.90 Å². The minimum atomic E-state index is 0.156. The fourth-order valence-electron chi connectivity index (χ4n) is 3.08. The van der Waals surface area contributed by atoms with Gasteiger partial charge in [-0.05, 0) is 36.3 Å². The molecule has 1 aliphatic heterocycles. The maximum absolute atomic E-state index is 9.44. The van der Waals surface area contributed by atoms with E-state index in [1.165, 1.54) is 22.3 Å². The van der Waals surface area contributed by atoms with Crippen molar-refractivity contribution < 1.29 is 0 Å². The van der Waals surface area contributed by atoms with Crippen molar-refractivity contribution in [3.63, 3.8) is 0 Å². The van der Waals surface area contributed by atoms with Gasteiger partial charge in [0.15, 0.2) is 6.19 Å². The molecule has 1 atom stereocenters. The molecule has 21 heavy (non-hydrogen) atoms. The second-order valence-electron chi connectivity index (χ2n) is 5.75. The normalized spacial score (nSPS) is 16.9. The van der Waals surface area contributed by atoms with Crippen LogP contribution >= 0.6 is 0 Å². The Morgan fingerprint density at radius 2 is 1.90 bits per heavy atom. The van der Waals surface area contributed by atoms with Gasteiger partial charge in [0, 0.05) is 6.54 Å². The minimum Gasteiger partial charge on any atom is -0.307 e. The molecule has 0 fully saturated rings. The lowest BCUT2D eigenvalue weighted by Crippen LogP contribution is -2.27. The Balaban J connectivity index is 2.07. The molecule has 1 heterocycles. The van der Waals surface area contributed by atoms with E-state index >= 15 is 0 Å². The van der Waals surface area contributed by atoms with Crippen molar-refractivity contribution in [3.8, 4) is 17.3 Å². The molecule has 1 aliphatic rings. The second kappa shape index (κ2) is 5.59. The molecule has 0 amide bonds. The van der Waals surface area contributed by atoms with Crippen molar-refractivity contribution in [2.45, 2.75) is 12.6 Å². The maximum atomic E-state index is 9.44. The molecular weight excluding hydrogens is 258 g/mol. The third-order valence-corrected chi connectivity index (χ3v) is 4.03. The van der Waals surface area contributed by atoms with E-state index in [1.807, 2.05) is 11.0 Å². The first-order valence-electron chi connectivity index (χ1n) is 7.19. The number of nitrogens with zero attached hydrogens (tertiary/aromatic N) is 3. The van der Waals surface area contributed by atoms with Crippen LogP contribution < -0.4 is 0 Å². The van der Waals surface area contributed by atoms with Gasteiger partial charge in [-0.2, -0.15) is 5.26 Å². The Hall–Kier alpha value is -2.31. The van der Waals surface area contributed by atoms with Gasteiger partial charge in [0.2, 0.25) is 0 Å². The maximum Gasteiger partial charge on any atom is 0.180 e. The van der Waals surface area contributed by atoms with E-state index in [-0.39, 0.29) is 6.04 Å². The van der Waals surface area contributed by atoms with E-state index in [9.17, 15) is 5.26 Å². The van der Waals surface area contributed by atoms with Crippen molar-refractivity contribution in [2.75, 3.05) is 20.6 Å². The summed E-state index contributed by atoms with van der Waals surface area (Å²) in [6, 6.07) is 17.0. The molecule has 0 spiro atoms. The molecule has 0 bridgehead atoms. The Bertz CT molecular complexity index is 671. The van der Waals surface area contributed by atoms with Gasteiger partial charge >= 0.3 is 0 Å². The van der Waals surface area contributed by atoms with Crippen molar-refractivity contribution >= 4 is 0 Å². The summed E-state index contributed by atoms with van der Waals surface area (Å²) >= 11 is 0. The van der Waals surface area contributed by atoms with Gasteiger partial charge in [-0.1, -0.05) is 48.5 Å². The summed E-state index contributed by atoms with van der Waals surface area (Å²) in [5.41, 5.74) is 5.04. The van der Waals surface area contributed by atoms with Gasteiger partial charge < -0.3 is 4.90 Å². The second-order valence-corrected chi connectivity index (χ2v) is 5.75. The lowest BCUT2D eigenvalue weighted by molar-refractivity contribution is 0.248. The molecule has 1 unspecified atom stereocenters. The van der Waals surface area contributed by atoms with E-state index in [4.69, 9.17) is 0 Å². The summed E-state index contributed by atoms with van der Waals surface area (Å²) in [4.78, 5) is 4.02. The van der Waals surface area contributed by atoms with E-state index < -0.39 is 0 Å². The highest BCUT2D eigenvalue weighted by molar-refractivity contribution is 5.70. The zero-order chi connectivity index (χ0) is 14.8. The van der Waals surface area contributed by atoms with E-state index in [0.717, 1.165) is 6.54 Å². The molecule has 0 radical (unpaired) electrons. The highest BCUT2D eigenvalue weighted by atomic mass is 15.2. The Morgan fingerprint density at radius 1 is 1.14 bits per heavy atom. The number of hydrogen-bond donors (Lipinski definition) is 0. The largest absolute Gasteiger partial charge is 0.307 e. The van der Waals surface area contributed by atoms with Gasteiger partial charge in [0.05, 0.1) is 12.6 Å². The smallest absolute Gasteiger partial charge is 0.180 e. The summed E-state index contributed by atoms with van der Waals surface area (Å²) < 4.78 is 0. The molecule has 0 saturated carbocycles. The first-order valence-corrected chi connectivity index (χ1v) is 7.19. The van der Waals surface area contributed by atoms with Crippen LogP contribution in [0.5, 0.6) is 0 Å². The highest BCUT2D eigenvalue weighted by Crippen LogP contribution is 2.38. The molecule has 3 heteroatoms. The summed E-state index contributed by atoms with van der Waals surface area (Å²) in [6.45, 7) is 1.56. The van der Waals surface area contributed by atoms with Crippen LogP contribution in [0.15, 0.2) is 48.5 Å². The van der Waals surface area contributed by atoms with Crippen molar-refractivity contribution in [2.24, 2.45) is 0 Å². The number of rotatable bonds is 3. The zero-order valence-corrected chi connectivity index (χ0v) is 12.5. The third kappa shape index (κ3) is 2.51. The van der Waals surface area contributed by atoms with E-state index in [2.05, 4.69) is 67.7 Å². The Morgan fingerprint density at radius 3 is 2.57 bits per heavy atom. The van der Waals surface area contributed by atoms with E-state index in [1.54, 1.807) is 0 Å². The topological polar surface area (TPSA) is 30.3 Å². The van der Waals surface area contributed by atoms with Crippen LogP contribution in [0, 0.1) is 11.5 Å². The Labute approximate surface area is 126 Å². The van der Waals surface area contributed by atoms with Crippen LogP contribution in [0.3, 0.4) is 0 Å². The standard InChI is InChI=1S/C18H19N3/c1-20(2)12-18-16-10-6-9-15(14-7-4-3-5-8-14)17(16)11-21(18)13-19/h3-10,18H,11-12H2,1-2H3. The van der Waals surface area contributed by atoms with Gasteiger partial charge in [0.25, 0.3) is 0 Å². The van der Waals surface area contributed by atoms with Crippen LogP contribution in [0.2, 0.25) is 0 Å². The van der Waals surface area contributed by atoms with Crippen molar-refractivity contribution in [3.05, 3.63) is 59.7 Å².